The first-order valence-electron chi connectivity index (χ1n) is 7.99. The van der Waals surface area contributed by atoms with Crippen molar-refractivity contribution in [3.63, 3.8) is 0 Å². The molecule has 138 valence electrons. The minimum atomic E-state index is -0.516. The first-order valence-corrected chi connectivity index (χ1v) is 8.87. The smallest absolute Gasteiger partial charge is 0.250 e. The number of halogens is 1. The average Bonchev–Trinajstić information content (AvgIpc) is 3.21. The first-order chi connectivity index (χ1) is 12.9. The Balaban J connectivity index is 1.68. The lowest BCUT2D eigenvalue weighted by Crippen LogP contribution is -2.07. The van der Waals surface area contributed by atoms with Gasteiger partial charge in [0.1, 0.15) is 17.3 Å². The number of carbonyl (C=O) groups is 2. The molecule has 0 saturated heterocycles. The Hall–Kier alpha value is -3.26. The molecule has 8 heteroatoms. The van der Waals surface area contributed by atoms with Gasteiger partial charge in [-0.2, -0.15) is 0 Å². The van der Waals surface area contributed by atoms with E-state index >= 15 is 0 Å². The van der Waals surface area contributed by atoms with Crippen molar-refractivity contribution in [2.45, 2.75) is 13.8 Å². The first kappa shape index (κ1) is 18.5. The molecule has 27 heavy (non-hydrogen) atoms. The summed E-state index contributed by atoms with van der Waals surface area (Å²) in [5.74, 6) is 0.164. The molecule has 2 aromatic heterocycles. The van der Waals surface area contributed by atoms with E-state index < -0.39 is 5.82 Å². The Labute approximate surface area is 158 Å². The molecule has 2 heterocycles. The van der Waals surface area contributed by atoms with Crippen molar-refractivity contribution in [3.05, 3.63) is 59.1 Å². The topological polar surface area (TPSA) is 84.2 Å². The van der Waals surface area contributed by atoms with Crippen LogP contribution >= 0.6 is 11.3 Å². The number of aryl methyl sites for hydroxylation is 1. The molecule has 2 amide bonds. The summed E-state index contributed by atoms with van der Waals surface area (Å²) in [6.45, 7) is 3.17. The number of benzene rings is 1. The van der Waals surface area contributed by atoms with Crippen molar-refractivity contribution in [1.29, 1.82) is 0 Å². The molecule has 0 fully saturated rings. The number of aromatic nitrogens is 1. The molecule has 0 spiro atoms. The van der Waals surface area contributed by atoms with Gasteiger partial charge in [-0.25, -0.2) is 9.37 Å². The third kappa shape index (κ3) is 4.89. The van der Waals surface area contributed by atoms with Crippen LogP contribution < -0.4 is 10.6 Å². The Morgan fingerprint density at radius 2 is 2.04 bits per heavy atom. The summed E-state index contributed by atoms with van der Waals surface area (Å²) >= 11 is 1.19. The van der Waals surface area contributed by atoms with Gasteiger partial charge in [0, 0.05) is 29.6 Å². The Morgan fingerprint density at radius 1 is 1.22 bits per heavy atom. The summed E-state index contributed by atoms with van der Waals surface area (Å²) in [6, 6.07) is 7.90. The van der Waals surface area contributed by atoms with Gasteiger partial charge >= 0.3 is 0 Å². The van der Waals surface area contributed by atoms with E-state index in [9.17, 15) is 14.0 Å². The summed E-state index contributed by atoms with van der Waals surface area (Å²) < 4.78 is 19.6. The van der Waals surface area contributed by atoms with Gasteiger partial charge in [-0.05, 0) is 43.3 Å². The van der Waals surface area contributed by atoms with Gasteiger partial charge in [-0.1, -0.05) is 0 Å². The molecule has 1 aromatic carbocycles. The number of thiazole rings is 1. The predicted octanol–water partition coefficient (Wildman–Crippen LogP) is 4.46. The number of hydrogen-bond acceptors (Lipinski definition) is 5. The maximum Gasteiger partial charge on any atom is 0.250 e. The maximum absolute atomic E-state index is 14.3. The van der Waals surface area contributed by atoms with Crippen LogP contribution in [0.3, 0.4) is 0 Å². The van der Waals surface area contributed by atoms with E-state index in [0.29, 0.717) is 22.3 Å². The quantitative estimate of drug-likeness (QED) is 0.635. The van der Waals surface area contributed by atoms with Crippen LogP contribution in [0, 0.1) is 12.7 Å². The Morgan fingerprint density at radius 3 is 2.70 bits per heavy atom. The molecule has 0 unspecified atom stereocenters. The van der Waals surface area contributed by atoms with Crippen LogP contribution in [0.5, 0.6) is 0 Å². The third-order valence-corrected chi connectivity index (χ3v) is 4.22. The lowest BCUT2D eigenvalue weighted by Gasteiger charge is -2.04. The molecule has 0 saturated carbocycles. The highest BCUT2D eigenvalue weighted by Crippen LogP contribution is 2.28. The molecule has 0 atom stereocenters. The second kappa shape index (κ2) is 7.96. The average molecular weight is 385 g/mol. The maximum atomic E-state index is 14.3. The number of nitrogens with zero attached hydrogens (tertiary/aromatic N) is 1. The van der Waals surface area contributed by atoms with Gasteiger partial charge < -0.3 is 9.73 Å². The van der Waals surface area contributed by atoms with E-state index in [1.54, 1.807) is 29.7 Å². The number of furan rings is 1. The summed E-state index contributed by atoms with van der Waals surface area (Å²) in [4.78, 5) is 27.2. The van der Waals surface area contributed by atoms with E-state index in [1.807, 2.05) is 6.92 Å². The number of anilines is 2. The SMILES string of the molecule is CC(=O)Nc1ccc(-c2csc(NC(=O)/C=C/c3ccc(C)o3)n2)c(F)c1. The van der Waals surface area contributed by atoms with Crippen LogP contribution in [0.25, 0.3) is 17.3 Å². The van der Waals surface area contributed by atoms with Crippen LogP contribution in [-0.4, -0.2) is 16.8 Å². The standard InChI is InChI=1S/C19H16FN3O3S/c1-11-3-5-14(26-11)6-8-18(25)23-19-22-17(10-27-19)15-7-4-13(9-16(15)20)21-12(2)24/h3-10H,1-2H3,(H,21,24)(H,22,23,25)/b8-6+. The fraction of sp³-hybridized carbons (Fsp3) is 0.105. The van der Waals surface area contributed by atoms with Gasteiger partial charge in [0.15, 0.2) is 5.13 Å². The monoisotopic (exact) mass is 385 g/mol. The van der Waals surface area contributed by atoms with E-state index in [0.717, 1.165) is 5.76 Å². The van der Waals surface area contributed by atoms with Gasteiger partial charge in [0.25, 0.3) is 0 Å². The van der Waals surface area contributed by atoms with E-state index in [4.69, 9.17) is 4.42 Å². The minimum absolute atomic E-state index is 0.279. The fourth-order valence-electron chi connectivity index (χ4n) is 2.31. The van der Waals surface area contributed by atoms with E-state index in [1.165, 1.54) is 36.5 Å². The van der Waals surface area contributed by atoms with Crippen molar-refractivity contribution in [2.24, 2.45) is 0 Å². The second-order valence-corrected chi connectivity index (χ2v) is 6.54. The second-order valence-electron chi connectivity index (χ2n) is 5.68. The van der Waals surface area contributed by atoms with Crippen LogP contribution in [0.2, 0.25) is 0 Å². The molecule has 0 radical (unpaired) electrons. The highest BCUT2D eigenvalue weighted by molar-refractivity contribution is 7.14. The highest BCUT2D eigenvalue weighted by atomic mass is 32.1. The lowest BCUT2D eigenvalue weighted by molar-refractivity contribution is -0.114. The van der Waals surface area contributed by atoms with Gasteiger partial charge in [-0.3, -0.25) is 14.9 Å². The van der Waals surface area contributed by atoms with Crippen LogP contribution in [0.15, 0.2) is 46.2 Å². The lowest BCUT2D eigenvalue weighted by atomic mass is 10.1. The molecular formula is C19H16FN3O3S. The van der Waals surface area contributed by atoms with Crippen molar-refractivity contribution in [3.8, 4) is 11.3 Å². The molecule has 2 N–H and O–H groups in total. The van der Waals surface area contributed by atoms with Crippen molar-refractivity contribution in [1.82, 2.24) is 4.98 Å². The fourth-order valence-corrected chi connectivity index (χ4v) is 3.02. The summed E-state index contributed by atoms with van der Waals surface area (Å²) in [7, 11) is 0. The van der Waals surface area contributed by atoms with Crippen LogP contribution in [0.1, 0.15) is 18.4 Å². The van der Waals surface area contributed by atoms with Crippen molar-refractivity contribution >= 4 is 40.0 Å². The molecule has 0 bridgehead atoms. The minimum Gasteiger partial charge on any atom is -0.462 e. The van der Waals surface area contributed by atoms with Gasteiger partial charge in [0.2, 0.25) is 11.8 Å². The Bertz CT molecular complexity index is 1020. The molecule has 3 aromatic rings. The normalized spacial score (nSPS) is 10.9. The van der Waals surface area contributed by atoms with Crippen LogP contribution in [0.4, 0.5) is 15.2 Å². The number of nitrogens with one attached hydrogen (secondary N) is 2. The number of amides is 2. The number of hydrogen-bond donors (Lipinski definition) is 2. The third-order valence-electron chi connectivity index (χ3n) is 3.46. The van der Waals surface area contributed by atoms with E-state index in [-0.39, 0.29) is 17.4 Å². The molecule has 0 aliphatic rings. The highest BCUT2D eigenvalue weighted by Gasteiger charge is 2.12. The summed E-state index contributed by atoms with van der Waals surface area (Å²) in [5.41, 5.74) is 1.04. The van der Waals surface area contributed by atoms with Gasteiger partial charge in [-0.15, -0.1) is 11.3 Å². The molecule has 0 aliphatic heterocycles. The van der Waals surface area contributed by atoms with Gasteiger partial charge in [0.05, 0.1) is 5.69 Å². The molecular weight excluding hydrogens is 369 g/mol. The summed E-state index contributed by atoms with van der Waals surface area (Å²) in [6.07, 6.45) is 2.89. The zero-order valence-corrected chi connectivity index (χ0v) is 15.4. The zero-order chi connectivity index (χ0) is 19.4. The molecule has 0 aliphatic carbocycles. The molecule has 3 rings (SSSR count). The predicted molar refractivity (Wildman–Crippen MR) is 103 cm³/mol. The Kier molecular flexibility index (Phi) is 5.46. The van der Waals surface area contributed by atoms with Crippen molar-refractivity contribution in [2.75, 3.05) is 10.6 Å². The summed E-state index contributed by atoms with van der Waals surface area (Å²) in [5, 5.41) is 7.13. The largest absolute Gasteiger partial charge is 0.462 e. The molecule has 6 nitrogen and oxygen atoms in total. The number of rotatable bonds is 5. The zero-order valence-electron chi connectivity index (χ0n) is 14.6. The number of carbonyl (C=O) groups excluding carboxylic acids is 2. The van der Waals surface area contributed by atoms with Crippen LogP contribution in [-0.2, 0) is 9.59 Å². The van der Waals surface area contributed by atoms with Crippen molar-refractivity contribution < 1.29 is 18.4 Å². The van der Waals surface area contributed by atoms with E-state index in [2.05, 4.69) is 15.6 Å².